The Morgan fingerprint density at radius 2 is 2.15 bits per heavy atom. The quantitative estimate of drug-likeness (QED) is 0.328. The second-order valence-corrected chi connectivity index (χ2v) is 6.33. The molecule has 3 aromatic rings. The third-order valence-electron chi connectivity index (χ3n) is 4.51. The molecule has 142 valence electrons. The van der Waals surface area contributed by atoms with Crippen LogP contribution in [0.2, 0.25) is 0 Å². The summed E-state index contributed by atoms with van der Waals surface area (Å²) in [6, 6.07) is 8.67. The van der Waals surface area contributed by atoms with Gasteiger partial charge in [-0.2, -0.15) is 0 Å². The van der Waals surface area contributed by atoms with Crippen molar-refractivity contribution in [3.8, 4) is 0 Å². The van der Waals surface area contributed by atoms with Crippen LogP contribution in [-0.2, 0) is 18.2 Å². The van der Waals surface area contributed by atoms with Crippen molar-refractivity contribution in [2.24, 2.45) is 7.05 Å². The molecule has 0 atom stereocenters. The summed E-state index contributed by atoms with van der Waals surface area (Å²) in [5, 5.41) is 9.05. The first-order valence-corrected chi connectivity index (χ1v) is 8.94. The smallest absolute Gasteiger partial charge is 0.396 e. The number of carbonyl (C=O) groups excluding carboxylic acids is 1. The van der Waals surface area contributed by atoms with Crippen LogP contribution in [-0.4, -0.2) is 40.9 Å². The fourth-order valence-electron chi connectivity index (χ4n) is 3.12. The number of hydrogen-bond acceptors (Lipinski definition) is 6. The Bertz CT molecular complexity index is 928. The minimum absolute atomic E-state index is 0.133. The number of aromatic nitrogens is 3. The molecule has 0 aliphatic heterocycles. The summed E-state index contributed by atoms with van der Waals surface area (Å²) in [6.07, 6.45) is 6.67. The van der Waals surface area contributed by atoms with Gasteiger partial charge in [-0.3, -0.25) is 0 Å². The van der Waals surface area contributed by atoms with E-state index in [1.165, 1.54) is 23.6 Å². The van der Waals surface area contributed by atoms with Crippen molar-refractivity contribution >= 4 is 22.9 Å². The Morgan fingerprint density at radius 1 is 1.33 bits per heavy atom. The predicted molar refractivity (Wildman–Crippen MR) is 104 cm³/mol. The average Bonchev–Trinajstić information content (AvgIpc) is 3.30. The van der Waals surface area contributed by atoms with E-state index in [0.29, 0.717) is 12.6 Å². The molecule has 0 spiro atoms. The molecule has 2 aromatic heterocycles. The third kappa shape index (κ3) is 4.19. The van der Waals surface area contributed by atoms with Crippen molar-refractivity contribution in [1.29, 1.82) is 0 Å². The lowest BCUT2D eigenvalue weighted by molar-refractivity contribution is 0.0556. The second kappa shape index (κ2) is 8.53. The molecule has 2 heterocycles. The van der Waals surface area contributed by atoms with Crippen molar-refractivity contribution in [2.75, 3.05) is 25.1 Å². The van der Waals surface area contributed by atoms with E-state index < -0.39 is 5.97 Å². The van der Waals surface area contributed by atoms with Crippen molar-refractivity contribution in [3.63, 3.8) is 0 Å². The normalized spacial score (nSPS) is 10.9. The van der Waals surface area contributed by atoms with Gasteiger partial charge in [0.05, 0.1) is 7.11 Å². The minimum atomic E-state index is -0.631. The van der Waals surface area contributed by atoms with Gasteiger partial charge in [0.15, 0.2) is 0 Å². The number of nitrogens with zero attached hydrogens (tertiary/aromatic N) is 4. The Morgan fingerprint density at radius 3 is 2.93 bits per heavy atom. The molecule has 0 saturated heterocycles. The van der Waals surface area contributed by atoms with E-state index in [1.54, 1.807) is 0 Å². The fraction of sp³-hybridized carbons (Fsp3) is 0.350. The van der Waals surface area contributed by atoms with Gasteiger partial charge in [0, 0.05) is 37.2 Å². The predicted octanol–water partition coefficient (Wildman–Crippen LogP) is 3.36. The Hall–Kier alpha value is -3.09. The molecule has 0 fully saturated rings. The lowest BCUT2D eigenvalue weighted by Gasteiger charge is -2.19. The first-order valence-electron chi connectivity index (χ1n) is 8.94. The summed E-state index contributed by atoms with van der Waals surface area (Å²) in [5.41, 5.74) is 2.46. The molecule has 0 aliphatic carbocycles. The van der Waals surface area contributed by atoms with E-state index >= 15 is 0 Å². The van der Waals surface area contributed by atoms with Gasteiger partial charge in [-0.15, -0.1) is 6.58 Å². The minimum Gasteiger partial charge on any atom is -0.462 e. The highest BCUT2D eigenvalue weighted by Gasteiger charge is 2.19. The highest BCUT2D eigenvalue weighted by atomic mass is 16.5. The number of hydrogen-bond donors (Lipinski definition) is 0. The maximum atomic E-state index is 11.6. The van der Waals surface area contributed by atoms with Crippen LogP contribution in [0.4, 0.5) is 6.01 Å². The lowest BCUT2D eigenvalue weighted by Crippen LogP contribution is -2.27. The van der Waals surface area contributed by atoms with Gasteiger partial charge >= 0.3 is 17.9 Å². The fourth-order valence-corrected chi connectivity index (χ4v) is 3.12. The Kier molecular flexibility index (Phi) is 5.90. The molecule has 0 unspecified atom stereocenters. The van der Waals surface area contributed by atoms with Crippen molar-refractivity contribution < 1.29 is 13.9 Å². The number of ether oxygens (including phenoxy) is 1. The molecule has 0 saturated carbocycles. The average molecular weight is 368 g/mol. The van der Waals surface area contributed by atoms with Crippen LogP contribution < -0.4 is 4.90 Å². The van der Waals surface area contributed by atoms with Gasteiger partial charge < -0.3 is 18.6 Å². The van der Waals surface area contributed by atoms with Crippen LogP contribution >= 0.6 is 0 Å². The van der Waals surface area contributed by atoms with Gasteiger partial charge in [0.2, 0.25) is 0 Å². The van der Waals surface area contributed by atoms with E-state index in [9.17, 15) is 4.79 Å². The number of anilines is 1. The molecule has 3 rings (SSSR count). The zero-order valence-corrected chi connectivity index (χ0v) is 15.7. The Balaban J connectivity index is 1.77. The summed E-state index contributed by atoms with van der Waals surface area (Å²) >= 11 is 0. The van der Waals surface area contributed by atoms with E-state index in [4.69, 9.17) is 4.42 Å². The highest BCUT2D eigenvalue weighted by molar-refractivity contribution is 5.84. The molecule has 1 aromatic carbocycles. The van der Waals surface area contributed by atoms with E-state index in [2.05, 4.69) is 44.4 Å². The van der Waals surface area contributed by atoms with Gasteiger partial charge in [-0.05, 0) is 30.9 Å². The number of esters is 1. The number of allylic oxidation sites excluding steroid dienone is 1. The molecule has 27 heavy (non-hydrogen) atoms. The number of aryl methyl sites for hydroxylation is 1. The number of unbranched alkanes of at least 4 members (excludes halogenated alkanes) is 1. The molecule has 0 radical (unpaired) electrons. The van der Waals surface area contributed by atoms with E-state index in [0.717, 1.165) is 25.8 Å². The summed E-state index contributed by atoms with van der Waals surface area (Å²) in [7, 11) is 3.34. The van der Waals surface area contributed by atoms with E-state index in [1.807, 2.05) is 30.2 Å². The summed E-state index contributed by atoms with van der Waals surface area (Å²) in [6.45, 7) is 5.20. The topological polar surface area (TPSA) is 73.4 Å². The molecule has 0 aliphatic rings. The SMILES string of the molecule is C=CCCCN(CCc1cn(C)c2ccccc12)c1nnc(C(=O)OC)o1. The monoisotopic (exact) mass is 368 g/mol. The standard InChI is InChI=1S/C20H24N4O3/c1-4-5-8-12-24(20-22-21-18(27-20)19(25)26-3)13-11-15-14-23(2)17-10-7-6-9-16(15)17/h4,6-7,9-10,14H,1,5,8,11-13H2,2-3H3. The van der Waals surface area contributed by atoms with Gasteiger partial charge in [-0.1, -0.05) is 34.5 Å². The maximum Gasteiger partial charge on any atom is 0.396 e. The molecule has 7 nitrogen and oxygen atoms in total. The first kappa shape index (κ1) is 18.7. The molecule has 7 heteroatoms. The summed E-state index contributed by atoms with van der Waals surface area (Å²) < 4.78 is 12.3. The zero-order chi connectivity index (χ0) is 19.2. The van der Waals surface area contributed by atoms with Crippen molar-refractivity contribution in [3.05, 3.63) is 54.6 Å². The number of fused-ring (bicyclic) bond motifs is 1. The maximum absolute atomic E-state index is 11.6. The van der Waals surface area contributed by atoms with Gasteiger partial charge in [0.25, 0.3) is 0 Å². The number of methoxy groups -OCH3 is 1. The zero-order valence-electron chi connectivity index (χ0n) is 15.7. The van der Waals surface area contributed by atoms with Crippen LogP contribution in [0.3, 0.4) is 0 Å². The van der Waals surface area contributed by atoms with Crippen molar-refractivity contribution in [2.45, 2.75) is 19.3 Å². The summed E-state index contributed by atoms with van der Waals surface area (Å²) in [4.78, 5) is 13.6. The third-order valence-corrected chi connectivity index (χ3v) is 4.51. The number of carbonyl (C=O) groups is 1. The van der Waals surface area contributed by atoms with Crippen LogP contribution in [0.15, 0.2) is 47.5 Å². The molecular weight excluding hydrogens is 344 g/mol. The van der Waals surface area contributed by atoms with Crippen LogP contribution in [0.25, 0.3) is 10.9 Å². The van der Waals surface area contributed by atoms with Crippen LogP contribution in [0.5, 0.6) is 0 Å². The summed E-state index contributed by atoms with van der Waals surface area (Å²) in [5.74, 6) is -0.764. The molecule has 0 bridgehead atoms. The Labute approximate surface area is 158 Å². The molecular formula is C20H24N4O3. The molecule has 0 N–H and O–H groups in total. The largest absolute Gasteiger partial charge is 0.462 e. The van der Waals surface area contributed by atoms with Crippen molar-refractivity contribution in [1.82, 2.24) is 14.8 Å². The lowest BCUT2D eigenvalue weighted by atomic mass is 10.1. The van der Waals surface area contributed by atoms with Crippen LogP contribution in [0, 0.1) is 0 Å². The molecule has 0 amide bonds. The van der Waals surface area contributed by atoms with E-state index in [-0.39, 0.29) is 5.89 Å². The highest BCUT2D eigenvalue weighted by Crippen LogP contribution is 2.22. The number of benzene rings is 1. The van der Waals surface area contributed by atoms with Crippen LogP contribution in [0.1, 0.15) is 29.1 Å². The second-order valence-electron chi connectivity index (χ2n) is 6.33. The van der Waals surface area contributed by atoms with Gasteiger partial charge in [0.1, 0.15) is 0 Å². The first-order chi connectivity index (χ1) is 13.1. The number of rotatable bonds is 9. The van der Waals surface area contributed by atoms with Gasteiger partial charge in [-0.25, -0.2) is 4.79 Å². The number of para-hydroxylation sites is 1.